The number of amides is 1. The molecule has 1 heterocycles. The highest BCUT2D eigenvalue weighted by molar-refractivity contribution is 5.78. The minimum atomic E-state index is 0.0804. The maximum Gasteiger partial charge on any atom is 0.246 e. The average molecular weight is 239 g/mol. The Kier molecular flexibility index (Phi) is 5.66. The Hall–Kier alpha value is -1.39. The SMILES string of the molecule is CCCCC(CC)C(=O)NCc1nc(C)no1. The Bertz CT molecular complexity index is 349. The van der Waals surface area contributed by atoms with Crippen molar-refractivity contribution >= 4 is 5.91 Å². The summed E-state index contributed by atoms with van der Waals surface area (Å²) in [7, 11) is 0. The van der Waals surface area contributed by atoms with E-state index in [4.69, 9.17) is 4.52 Å². The van der Waals surface area contributed by atoms with E-state index in [9.17, 15) is 4.79 Å². The van der Waals surface area contributed by atoms with Crippen LogP contribution >= 0.6 is 0 Å². The van der Waals surface area contributed by atoms with E-state index in [1.54, 1.807) is 6.92 Å². The molecule has 0 bridgehead atoms. The molecular formula is C12H21N3O2. The van der Waals surface area contributed by atoms with E-state index < -0.39 is 0 Å². The number of hydrogen-bond acceptors (Lipinski definition) is 4. The first kappa shape index (κ1) is 13.7. The monoisotopic (exact) mass is 239 g/mol. The first-order valence-electron chi connectivity index (χ1n) is 6.24. The molecule has 1 unspecified atom stereocenters. The lowest BCUT2D eigenvalue weighted by molar-refractivity contribution is -0.125. The summed E-state index contributed by atoms with van der Waals surface area (Å²) in [4.78, 5) is 15.9. The van der Waals surface area contributed by atoms with Gasteiger partial charge in [0.05, 0.1) is 6.54 Å². The summed E-state index contributed by atoms with van der Waals surface area (Å²) in [5, 5.41) is 6.51. The highest BCUT2D eigenvalue weighted by Gasteiger charge is 2.16. The van der Waals surface area contributed by atoms with Gasteiger partial charge in [0.2, 0.25) is 11.8 Å². The topological polar surface area (TPSA) is 68.0 Å². The Labute approximate surface area is 102 Å². The molecule has 0 saturated carbocycles. The van der Waals surface area contributed by atoms with Gasteiger partial charge in [-0.15, -0.1) is 0 Å². The van der Waals surface area contributed by atoms with Gasteiger partial charge >= 0.3 is 0 Å². The molecule has 5 nitrogen and oxygen atoms in total. The number of carbonyl (C=O) groups is 1. The van der Waals surface area contributed by atoms with Crippen LogP contribution in [-0.2, 0) is 11.3 Å². The molecule has 0 radical (unpaired) electrons. The maximum absolute atomic E-state index is 11.9. The largest absolute Gasteiger partial charge is 0.347 e. The molecule has 0 aromatic carbocycles. The maximum atomic E-state index is 11.9. The lowest BCUT2D eigenvalue weighted by Gasteiger charge is -2.13. The number of carbonyl (C=O) groups excluding carboxylic acids is 1. The Balaban J connectivity index is 2.36. The van der Waals surface area contributed by atoms with Gasteiger partial charge in [0.1, 0.15) is 0 Å². The third kappa shape index (κ3) is 4.54. The highest BCUT2D eigenvalue weighted by atomic mass is 16.5. The third-order valence-corrected chi connectivity index (χ3v) is 2.75. The van der Waals surface area contributed by atoms with Crippen LogP contribution in [0, 0.1) is 12.8 Å². The predicted octanol–water partition coefficient (Wildman–Crippen LogP) is 2.21. The molecule has 1 N–H and O–H groups in total. The normalized spacial score (nSPS) is 12.4. The number of unbranched alkanes of at least 4 members (excludes halogenated alkanes) is 1. The van der Waals surface area contributed by atoms with E-state index in [0.717, 1.165) is 25.7 Å². The smallest absolute Gasteiger partial charge is 0.246 e. The first-order chi connectivity index (χ1) is 8.17. The van der Waals surface area contributed by atoms with Crippen LogP contribution < -0.4 is 5.32 Å². The zero-order valence-electron chi connectivity index (χ0n) is 10.8. The van der Waals surface area contributed by atoms with Crippen molar-refractivity contribution in [2.75, 3.05) is 0 Å². The molecule has 1 aromatic rings. The van der Waals surface area contributed by atoms with Crippen molar-refractivity contribution in [2.45, 2.75) is 53.0 Å². The summed E-state index contributed by atoms with van der Waals surface area (Å²) < 4.78 is 4.93. The van der Waals surface area contributed by atoms with Crippen molar-refractivity contribution in [3.63, 3.8) is 0 Å². The first-order valence-corrected chi connectivity index (χ1v) is 6.24. The van der Waals surface area contributed by atoms with Crippen LogP contribution in [0.25, 0.3) is 0 Å². The summed E-state index contributed by atoms with van der Waals surface area (Å²) in [5.74, 6) is 1.23. The molecule has 1 atom stereocenters. The second-order valence-corrected chi connectivity index (χ2v) is 4.20. The van der Waals surface area contributed by atoms with E-state index in [-0.39, 0.29) is 11.8 Å². The Morgan fingerprint density at radius 3 is 2.76 bits per heavy atom. The number of hydrogen-bond donors (Lipinski definition) is 1. The molecule has 0 fully saturated rings. The summed E-state index contributed by atoms with van der Waals surface area (Å²) in [6.45, 7) is 6.25. The Morgan fingerprint density at radius 2 is 2.24 bits per heavy atom. The van der Waals surface area contributed by atoms with Crippen molar-refractivity contribution in [3.8, 4) is 0 Å². The fraction of sp³-hybridized carbons (Fsp3) is 0.750. The second-order valence-electron chi connectivity index (χ2n) is 4.20. The van der Waals surface area contributed by atoms with Gasteiger partial charge < -0.3 is 9.84 Å². The number of nitrogens with one attached hydrogen (secondary N) is 1. The molecule has 0 spiro atoms. The van der Waals surface area contributed by atoms with Crippen molar-refractivity contribution in [3.05, 3.63) is 11.7 Å². The van der Waals surface area contributed by atoms with Crippen LogP contribution in [0.5, 0.6) is 0 Å². The van der Waals surface area contributed by atoms with E-state index in [1.165, 1.54) is 0 Å². The summed E-state index contributed by atoms with van der Waals surface area (Å²) in [6, 6.07) is 0. The van der Waals surface area contributed by atoms with Crippen molar-refractivity contribution in [1.29, 1.82) is 0 Å². The van der Waals surface area contributed by atoms with Crippen molar-refractivity contribution < 1.29 is 9.32 Å². The standard InChI is InChI=1S/C12H21N3O2/c1-4-6-7-10(5-2)12(16)13-8-11-14-9(3)15-17-11/h10H,4-8H2,1-3H3,(H,13,16). The lowest BCUT2D eigenvalue weighted by Crippen LogP contribution is -2.30. The van der Waals surface area contributed by atoms with E-state index in [1.807, 2.05) is 6.92 Å². The molecule has 0 aliphatic rings. The van der Waals surface area contributed by atoms with Crippen LogP contribution in [-0.4, -0.2) is 16.0 Å². The van der Waals surface area contributed by atoms with Crippen LogP contribution in [0.15, 0.2) is 4.52 Å². The fourth-order valence-corrected chi connectivity index (χ4v) is 1.69. The number of aromatic nitrogens is 2. The average Bonchev–Trinajstić information content (AvgIpc) is 2.73. The van der Waals surface area contributed by atoms with E-state index in [0.29, 0.717) is 18.3 Å². The molecule has 96 valence electrons. The van der Waals surface area contributed by atoms with Gasteiger partial charge in [-0.1, -0.05) is 31.8 Å². The Morgan fingerprint density at radius 1 is 1.47 bits per heavy atom. The van der Waals surface area contributed by atoms with Gasteiger partial charge in [0.25, 0.3) is 0 Å². The van der Waals surface area contributed by atoms with Crippen LogP contribution in [0.1, 0.15) is 51.2 Å². The van der Waals surface area contributed by atoms with E-state index in [2.05, 4.69) is 22.4 Å². The van der Waals surface area contributed by atoms with Gasteiger partial charge in [-0.3, -0.25) is 4.79 Å². The van der Waals surface area contributed by atoms with Crippen LogP contribution in [0.2, 0.25) is 0 Å². The fourth-order valence-electron chi connectivity index (χ4n) is 1.69. The molecule has 17 heavy (non-hydrogen) atoms. The van der Waals surface area contributed by atoms with Gasteiger partial charge in [0, 0.05) is 5.92 Å². The van der Waals surface area contributed by atoms with E-state index >= 15 is 0 Å². The number of rotatable bonds is 7. The molecule has 0 saturated heterocycles. The second kappa shape index (κ2) is 7.04. The highest BCUT2D eigenvalue weighted by Crippen LogP contribution is 2.12. The van der Waals surface area contributed by atoms with Gasteiger partial charge in [-0.05, 0) is 19.8 Å². The van der Waals surface area contributed by atoms with Gasteiger partial charge in [0.15, 0.2) is 5.82 Å². The minimum Gasteiger partial charge on any atom is -0.347 e. The summed E-state index contributed by atoms with van der Waals surface area (Å²) in [5.41, 5.74) is 0. The predicted molar refractivity (Wildman–Crippen MR) is 64.2 cm³/mol. The molecule has 1 rings (SSSR count). The third-order valence-electron chi connectivity index (χ3n) is 2.75. The van der Waals surface area contributed by atoms with Crippen LogP contribution in [0.4, 0.5) is 0 Å². The molecule has 1 aromatic heterocycles. The lowest BCUT2D eigenvalue weighted by atomic mass is 9.98. The number of nitrogens with zero attached hydrogens (tertiary/aromatic N) is 2. The van der Waals surface area contributed by atoms with Gasteiger partial charge in [-0.2, -0.15) is 4.98 Å². The van der Waals surface area contributed by atoms with Crippen LogP contribution in [0.3, 0.4) is 0 Å². The quantitative estimate of drug-likeness (QED) is 0.792. The van der Waals surface area contributed by atoms with Gasteiger partial charge in [-0.25, -0.2) is 0 Å². The zero-order valence-corrected chi connectivity index (χ0v) is 10.8. The summed E-state index contributed by atoms with van der Waals surface area (Å²) >= 11 is 0. The molecule has 0 aliphatic heterocycles. The molecule has 5 heteroatoms. The number of aryl methyl sites for hydroxylation is 1. The minimum absolute atomic E-state index is 0.0804. The molecule has 0 aliphatic carbocycles. The van der Waals surface area contributed by atoms with Crippen molar-refractivity contribution in [1.82, 2.24) is 15.5 Å². The molecule has 1 amide bonds. The summed E-state index contributed by atoms with van der Waals surface area (Å²) in [6.07, 6.45) is 4.02. The molecular weight excluding hydrogens is 218 g/mol. The van der Waals surface area contributed by atoms with Crippen molar-refractivity contribution in [2.24, 2.45) is 5.92 Å². The zero-order chi connectivity index (χ0) is 12.7.